The van der Waals surface area contributed by atoms with Crippen molar-refractivity contribution in [2.24, 2.45) is 11.7 Å². The van der Waals surface area contributed by atoms with Gasteiger partial charge in [-0.2, -0.15) is 0 Å². The molecule has 0 rings (SSSR count). The van der Waals surface area contributed by atoms with Crippen LogP contribution < -0.4 is 10.5 Å². The first-order valence-electron chi connectivity index (χ1n) is 5.04. The smallest absolute Gasteiger partial charge is 0.325 e. The molecule has 0 aromatic heterocycles. The fourth-order valence-corrected chi connectivity index (χ4v) is 1.89. The van der Waals surface area contributed by atoms with Gasteiger partial charge in [-0.05, 0) is 12.8 Å². The molecule has 0 aromatic carbocycles. The third-order valence-corrected chi connectivity index (χ3v) is 4.07. The molecule has 0 bridgehead atoms. The van der Waals surface area contributed by atoms with E-state index in [0.717, 1.165) is 7.11 Å². The lowest BCUT2D eigenvalue weighted by molar-refractivity contribution is -0.139. The number of hydrogen-bond donors (Lipinski definition) is 2. The lowest BCUT2D eigenvalue weighted by Gasteiger charge is -2.18. The zero-order chi connectivity index (χ0) is 12.9. The molecule has 0 fully saturated rings. The van der Waals surface area contributed by atoms with Crippen molar-refractivity contribution in [3.63, 3.8) is 0 Å². The van der Waals surface area contributed by atoms with Crippen LogP contribution >= 0.6 is 0 Å². The lowest BCUT2D eigenvalue weighted by atomic mass is 10.1. The van der Waals surface area contributed by atoms with Crippen molar-refractivity contribution >= 4 is 16.0 Å². The Bertz CT molecular complexity index is 326. The Morgan fingerprint density at radius 3 is 2.25 bits per heavy atom. The van der Waals surface area contributed by atoms with E-state index in [1.165, 1.54) is 6.92 Å². The highest BCUT2D eigenvalue weighted by Crippen LogP contribution is 2.02. The molecular weight excluding hydrogens is 232 g/mol. The van der Waals surface area contributed by atoms with E-state index in [9.17, 15) is 13.2 Å². The second kappa shape index (κ2) is 6.17. The summed E-state index contributed by atoms with van der Waals surface area (Å²) in [6, 6.07) is -0.278. The third kappa shape index (κ3) is 4.46. The van der Waals surface area contributed by atoms with Crippen LogP contribution in [0.25, 0.3) is 0 Å². The van der Waals surface area contributed by atoms with Crippen molar-refractivity contribution in [2.75, 3.05) is 13.7 Å². The number of nitrogens with two attached hydrogens (primary N) is 1. The number of methoxy groups -OCH3 is 1. The van der Waals surface area contributed by atoms with Gasteiger partial charge in [-0.25, -0.2) is 13.1 Å². The highest BCUT2D eigenvalue weighted by molar-refractivity contribution is 7.90. The van der Waals surface area contributed by atoms with Crippen LogP contribution in [0.5, 0.6) is 0 Å². The maximum atomic E-state index is 11.6. The number of hydrogen-bond acceptors (Lipinski definition) is 5. The zero-order valence-corrected chi connectivity index (χ0v) is 10.9. The Balaban J connectivity index is 4.42. The van der Waals surface area contributed by atoms with E-state index in [1.54, 1.807) is 0 Å². The number of sulfonamides is 1. The molecule has 0 aliphatic rings. The first-order chi connectivity index (χ1) is 7.22. The van der Waals surface area contributed by atoms with Gasteiger partial charge in [-0.3, -0.25) is 4.79 Å². The molecule has 0 aromatic rings. The minimum atomic E-state index is -3.70. The summed E-state index contributed by atoms with van der Waals surface area (Å²) < 4.78 is 29.8. The van der Waals surface area contributed by atoms with Crippen LogP contribution in [0.1, 0.15) is 20.8 Å². The number of nitrogens with one attached hydrogen (secondary N) is 1. The van der Waals surface area contributed by atoms with E-state index < -0.39 is 21.2 Å². The van der Waals surface area contributed by atoms with Crippen LogP contribution in [0.15, 0.2) is 0 Å². The number of ether oxygens (including phenoxy) is 1. The van der Waals surface area contributed by atoms with E-state index >= 15 is 0 Å². The van der Waals surface area contributed by atoms with Gasteiger partial charge >= 0.3 is 5.97 Å². The molecule has 0 heterocycles. The summed E-state index contributed by atoms with van der Waals surface area (Å²) in [5, 5.41) is -1.23. The normalized spacial score (nSPS) is 15.9. The zero-order valence-electron chi connectivity index (χ0n) is 10.1. The molecule has 3 N–H and O–H groups in total. The molecule has 0 radical (unpaired) electrons. The quantitative estimate of drug-likeness (QED) is 0.618. The molecule has 0 spiro atoms. The topological polar surface area (TPSA) is 98.5 Å². The Labute approximate surface area is 96.6 Å². The van der Waals surface area contributed by atoms with Crippen LogP contribution in [0.2, 0.25) is 0 Å². The highest BCUT2D eigenvalue weighted by Gasteiger charge is 2.28. The van der Waals surface area contributed by atoms with Gasteiger partial charge in [-0.15, -0.1) is 0 Å². The van der Waals surface area contributed by atoms with Crippen molar-refractivity contribution in [3.8, 4) is 0 Å². The van der Waals surface area contributed by atoms with E-state index in [0.29, 0.717) is 0 Å². The molecule has 7 heteroatoms. The van der Waals surface area contributed by atoms with Gasteiger partial charge in [0.1, 0.15) is 0 Å². The number of rotatable bonds is 6. The molecule has 0 aliphatic heterocycles. The van der Waals surface area contributed by atoms with E-state index in [2.05, 4.69) is 9.46 Å². The summed E-state index contributed by atoms with van der Waals surface area (Å²) in [4.78, 5) is 11.1. The van der Waals surface area contributed by atoms with Gasteiger partial charge in [0.05, 0.1) is 7.11 Å². The SMILES string of the molecule is COC(=O)C(C)S(=O)(=O)NCC(N)C(C)C. The summed E-state index contributed by atoms with van der Waals surface area (Å²) in [6.45, 7) is 5.17. The molecule has 0 aliphatic carbocycles. The van der Waals surface area contributed by atoms with E-state index in [-0.39, 0.29) is 18.5 Å². The molecule has 96 valence electrons. The predicted molar refractivity (Wildman–Crippen MR) is 61.2 cm³/mol. The number of carbonyl (C=O) groups excluding carboxylic acids is 1. The second-order valence-electron chi connectivity index (χ2n) is 3.97. The number of esters is 1. The van der Waals surface area contributed by atoms with E-state index in [1.807, 2.05) is 13.8 Å². The van der Waals surface area contributed by atoms with Crippen LogP contribution in [0.3, 0.4) is 0 Å². The van der Waals surface area contributed by atoms with Crippen molar-refractivity contribution in [3.05, 3.63) is 0 Å². The maximum Gasteiger partial charge on any atom is 0.325 e. The van der Waals surface area contributed by atoms with Crippen molar-refractivity contribution in [2.45, 2.75) is 32.1 Å². The Morgan fingerprint density at radius 2 is 1.88 bits per heavy atom. The summed E-state index contributed by atoms with van der Waals surface area (Å²) in [5.74, 6) is -0.623. The largest absolute Gasteiger partial charge is 0.468 e. The first kappa shape index (κ1) is 15.3. The van der Waals surface area contributed by atoms with Crippen LogP contribution in [-0.4, -0.2) is 39.3 Å². The first-order valence-corrected chi connectivity index (χ1v) is 6.59. The molecule has 0 amide bonds. The third-order valence-electron chi connectivity index (χ3n) is 2.38. The molecule has 16 heavy (non-hydrogen) atoms. The molecular formula is C9H20N2O4S. The molecule has 0 saturated carbocycles. The minimum absolute atomic E-state index is 0.112. The maximum absolute atomic E-state index is 11.6. The Hall–Kier alpha value is -0.660. The van der Waals surface area contributed by atoms with Crippen molar-refractivity contribution in [1.82, 2.24) is 4.72 Å². The van der Waals surface area contributed by atoms with Gasteiger partial charge in [0.25, 0.3) is 0 Å². The monoisotopic (exact) mass is 252 g/mol. The van der Waals surface area contributed by atoms with Crippen molar-refractivity contribution < 1.29 is 17.9 Å². The van der Waals surface area contributed by atoms with Gasteiger partial charge in [0.15, 0.2) is 5.25 Å². The Morgan fingerprint density at radius 1 is 1.38 bits per heavy atom. The highest BCUT2D eigenvalue weighted by atomic mass is 32.2. The minimum Gasteiger partial charge on any atom is -0.468 e. The summed E-state index contributed by atoms with van der Waals surface area (Å²) in [7, 11) is -2.56. The van der Waals surface area contributed by atoms with E-state index in [4.69, 9.17) is 5.73 Å². The average Bonchev–Trinajstić information content (AvgIpc) is 2.23. The molecule has 2 unspecified atom stereocenters. The lowest BCUT2D eigenvalue weighted by Crippen LogP contribution is -2.45. The summed E-state index contributed by atoms with van der Waals surface area (Å²) in [6.07, 6.45) is 0. The average molecular weight is 252 g/mol. The van der Waals surface area contributed by atoms with Crippen LogP contribution in [0, 0.1) is 5.92 Å². The van der Waals surface area contributed by atoms with Gasteiger partial charge in [0.2, 0.25) is 10.0 Å². The van der Waals surface area contributed by atoms with Crippen LogP contribution in [-0.2, 0) is 19.6 Å². The standard InChI is InChI=1S/C9H20N2O4S/c1-6(2)8(10)5-11-16(13,14)7(3)9(12)15-4/h6-8,11H,5,10H2,1-4H3. The summed E-state index contributed by atoms with van der Waals surface area (Å²) in [5.41, 5.74) is 5.69. The van der Waals surface area contributed by atoms with Crippen molar-refractivity contribution in [1.29, 1.82) is 0 Å². The Kier molecular flexibility index (Phi) is 5.91. The van der Waals surface area contributed by atoms with Crippen LogP contribution in [0.4, 0.5) is 0 Å². The fourth-order valence-electron chi connectivity index (χ4n) is 0.866. The number of carbonyl (C=O) groups is 1. The van der Waals surface area contributed by atoms with Gasteiger partial charge < -0.3 is 10.5 Å². The second-order valence-corrected chi connectivity index (χ2v) is 6.05. The summed E-state index contributed by atoms with van der Waals surface area (Å²) >= 11 is 0. The molecule has 0 saturated heterocycles. The molecule has 6 nitrogen and oxygen atoms in total. The van der Waals surface area contributed by atoms with Gasteiger partial charge in [0, 0.05) is 12.6 Å². The molecule has 2 atom stereocenters. The predicted octanol–water partition coefficient (Wildman–Crippen LogP) is -0.549. The fraction of sp³-hybridized carbons (Fsp3) is 0.889. The van der Waals surface area contributed by atoms with Gasteiger partial charge in [-0.1, -0.05) is 13.8 Å².